The number of benzene rings is 2. The minimum absolute atomic E-state index is 0.164. The second-order valence-corrected chi connectivity index (χ2v) is 7.56. The highest BCUT2D eigenvalue weighted by atomic mass is 32.1. The second-order valence-electron chi connectivity index (χ2n) is 6.70. The van der Waals surface area contributed by atoms with Gasteiger partial charge in [-0.25, -0.2) is 4.98 Å². The van der Waals surface area contributed by atoms with Crippen molar-refractivity contribution in [1.82, 2.24) is 4.98 Å². The van der Waals surface area contributed by atoms with Crippen LogP contribution < -0.4 is 19.5 Å². The lowest BCUT2D eigenvalue weighted by Gasteiger charge is -2.14. The summed E-state index contributed by atoms with van der Waals surface area (Å²) in [5.74, 6) is 1.18. The molecule has 1 aromatic heterocycles. The van der Waals surface area contributed by atoms with E-state index in [9.17, 15) is 18.0 Å². The number of aromatic nitrogens is 1. The maximum atomic E-state index is 12.9. The lowest BCUT2D eigenvalue weighted by molar-refractivity contribution is -0.137. The van der Waals surface area contributed by atoms with E-state index in [-0.39, 0.29) is 12.3 Å². The lowest BCUT2D eigenvalue weighted by Crippen LogP contribution is -2.12. The number of anilines is 1. The van der Waals surface area contributed by atoms with Crippen LogP contribution in [0.1, 0.15) is 17.5 Å². The summed E-state index contributed by atoms with van der Waals surface area (Å²) in [6.45, 7) is 0. The molecule has 6 nitrogen and oxygen atoms in total. The number of aryl methyl sites for hydroxylation is 1. The van der Waals surface area contributed by atoms with Crippen LogP contribution in [0.3, 0.4) is 0 Å². The fourth-order valence-corrected chi connectivity index (χ4v) is 3.77. The van der Waals surface area contributed by atoms with Crippen molar-refractivity contribution in [2.24, 2.45) is 0 Å². The highest BCUT2D eigenvalue weighted by molar-refractivity contribution is 7.14. The van der Waals surface area contributed by atoms with E-state index >= 15 is 0 Å². The standard InChI is InChI=1S/C22H21F3N2O4S/c1-29-17-9-13(10-18(30-2)20(17)31-3)7-8-19(28)27-21-26-16(12-32-21)14-5-4-6-15(11-14)22(23,24)25/h4-6,9-12H,7-8H2,1-3H3,(H,26,27,28). The second kappa shape index (κ2) is 9.90. The molecule has 1 N–H and O–H groups in total. The Bertz CT molecular complexity index is 1070. The number of hydrogen-bond donors (Lipinski definition) is 1. The van der Waals surface area contributed by atoms with Crippen LogP contribution in [-0.4, -0.2) is 32.2 Å². The normalized spacial score (nSPS) is 11.2. The maximum absolute atomic E-state index is 12.9. The molecule has 1 amide bonds. The molecule has 170 valence electrons. The molecule has 2 aromatic carbocycles. The van der Waals surface area contributed by atoms with Gasteiger partial charge in [0.05, 0.1) is 32.6 Å². The summed E-state index contributed by atoms with van der Waals surface area (Å²) in [5, 5.41) is 4.60. The van der Waals surface area contributed by atoms with Crippen LogP contribution in [0, 0.1) is 0 Å². The van der Waals surface area contributed by atoms with Crippen molar-refractivity contribution in [1.29, 1.82) is 0 Å². The van der Waals surface area contributed by atoms with E-state index in [1.54, 1.807) is 23.6 Å². The summed E-state index contributed by atoms with van der Waals surface area (Å²) < 4.78 is 54.7. The van der Waals surface area contributed by atoms with E-state index in [0.717, 1.165) is 29.0 Å². The van der Waals surface area contributed by atoms with Crippen LogP contribution in [-0.2, 0) is 17.4 Å². The minimum Gasteiger partial charge on any atom is -0.493 e. The monoisotopic (exact) mass is 466 g/mol. The number of alkyl halides is 3. The number of hydrogen-bond acceptors (Lipinski definition) is 6. The molecule has 1 heterocycles. The number of carbonyl (C=O) groups excluding carboxylic acids is 1. The van der Waals surface area contributed by atoms with E-state index in [1.807, 2.05) is 0 Å². The minimum atomic E-state index is -4.43. The first-order valence-electron chi connectivity index (χ1n) is 9.47. The summed E-state index contributed by atoms with van der Waals surface area (Å²) in [7, 11) is 4.53. The third-order valence-corrected chi connectivity index (χ3v) is 5.36. The smallest absolute Gasteiger partial charge is 0.416 e. The van der Waals surface area contributed by atoms with Crippen molar-refractivity contribution < 1.29 is 32.2 Å². The fraction of sp³-hybridized carbons (Fsp3) is 0.273. The molecular weight excluding hydrogens is 445 g/mol. The van der Waals surface area contributed by atoms with Gasteiger partial charge in [0, 0.05) is 17.4 Å². The molecule has 32 heavy (non-hydrogen) atoms. The molecule has 0 fully saturated rings. The molecule has 0 bridgehead atoms. The average Bonchev–Trinajstić information content (AvgIpc) is 3.24. The van der Waals surface area contributed by atoms with Gasteiger partial charge in [-0.3, -0.25) is 4.79 Å². The summed E-state index contributed by atoms with van der Waals surface area (Å²) >= 11 is 1.14. The van der Waals surface area contributed by atoms with Crippen molar-refractivity contribution in [3.63, 3.8) is 0 Å². The Morgan fingerprint density at radius 3 is 2.34 bits per heavy atom. The molecule has 3 rings (SSSR count). The summed E-state index contributed by atoms with van der Waals surface area (Å²) in [4.78, 5) is 16.6. The van der Waals surface area contributed by atoms with Crippen molar-refractivity contribution in [3.8, 4) is 28.5 Å². The molecule has 0 aliphatic heterocycles. The number of methoxy groups -OCH3 is 3. The summed E-state index contributed by atoms with van der Waals surface area (Å²) in [5.41, 5.74) is 0.757. The molecule has 0 radical (unpaired) electrons. The number of rotatable bonds is 8. The zero-order valence-electron chi connectivity index (χ0n) is 17.6. The van der Waals surface area contributed by atoms with Gasteiger partial charge in [-0.2, -0.15) is 13.2 Å². The number of amides is 1. The Hall–Kier alpha value is -3.27. The van der Waals surface area contributed by atoms with Crippen LogP contribution in [0.2, 0.25) is 0 Å². The molecule has 3 aromatic rings. The SMILES string of the molecule is COc1cc(CCC(=O)Nc2nc(-c3cccc(C(F)(F)F)c3)cs2)cc(OC)c1OC. The molecule has 0 saturated heterocycles. The van der Waals surface area contributed by atoms with E-state index in [1.165, 1.54) is 27.4 Å². The highest BCUT2D eigenvalue weighted by Gasteiger charge is 2.30. The average molecular weight is 466 g/mol. The molecule has 0 aliphatic carbocycles. The van der Waals surface area contributed by atoms with Gasteiger partial charge in [-0.1, -0.05) is 12.1 Å². The molecule has 0 aliphatic rings. The number of carbonyl (C=O) groups is 1. The highest BCUT2D eigenvalue weighted by Crippen LogP contribution is 2.38. The molecule has 0 saturated carbocycles. The third kappa shape index (κ3) is 5.50. The first-order valence-corrected chi connectivity index (χ1v) is 10.3. The number of nitrogens with one attached hydrogen (secondary N) is 1. The Morgan fingerprint density at radius 1 is 1.06 bits per heavy atom. The number of ether oxygens (including phenoxy) is 3. The zero-order chi connectivity index (χ0) is 23.3. The van der Waals surface area contributed by atoms with E-state index in [4.69, 9.17) is 14.2 Å². The maximum Gasteiger partial charge on any atom is 0.416 e. The molecular formula is C22H21F3N2O4S. The van der Waals surface area contributed by atoms with Crippen LogP contribution in [0.5, 0.6) is 17.2 Å². The van der Waals surface area contributed by atoms with Gasteiger partial charge in [0.2, 0.25) is 11.7 Å². The first kappa shape index (κ1) is 23.4. The van der Waals surface area contributed by atoms with E-state index < -0.39 is 11.7 Å². The van der Waals surface area contributed by atoms with Crippen LogP contribution in [0.15, 0.2) is 41.8 Å². The van der Waals surface area contributed by atoms with Gasteiger partial charge >= 0.3 is 6.18 Å². The number of halogens is 3. The number of thiazole rings is 1. The fourth-order valence-electron chi connectivity index (χ4n) is 3.04. The van der Waals surface area contributed by atoms with Crippen molar-refractivity contribution in [2.75, 3.05) is 26.6 Å². The Morgan fingerprint density at radius 2 is 1.75 bits per heavy atom. The largest absolute Gasteiger partial charge is 0.493 e. The van der Waals surface area contributed by atoms with E-state index in [0.29, 0.717) is 40.1 Å². The Labute approximate surface area is 187 Å². The summed E-state index contributed by atoms with van der Waals surface area (Å²) in [6.07, 6.45) is -3.86. The van der Waals surface area contributed by atoms with Crippen molar-refractivity contribution in [3.05, 3.63) is 52.9 Å². The van der Waals surface area contributed by atoms with Crippen LogP contribution >= 0.6 is 11.3 Å². The van der Waals surface area contributed by atoms with Gasteiger partial charge in [0.15, 0.2) is 16.6 Å². The Kier molecular flexibility index (Phi) is 7.24. The third-order valence-electron chi connectivity index (χ3n) is 4.60. The predicted molar refractivity (Wildman–Crippen MR) is 116 cm³/mol. The van der Waals surface area contributed by atoms with Crippen molar-refractivity contribution >= 4 is 22.4 Å². The van der Waals surface area contributed by atoms with Crippen molar-refractivity contribution in [2.45, 2.75) is 19.0 Å². The van der Waals surface area contributed by atoms with Crippen LogP contribution in [0.4, 0.5) is 18.3 Å². The molecule has 10 heteroatoms. The predicted octanol–water partition coefficient (Wildman–Crippen LogP) is 5.43. The first-order chi connectivity index (χ1) is 15.2. The molecule has 0 spiro atoms. The quantitative estimate of drug-likeness (QED) is 0.480. The topological polar surface area (TPSA) is 69.7 Å². The van der Waals surface area contributed by atoms with Gasteiger partial charge in [0.25, 0.3) is 0 Å². The van der Waals surface area contributed by atoms with E-state index in [2.05, 4.69) is 10.3 Å². The van der Waals surface area contributed by atoms with Gasteiger partial charge < -0.3 is 19.5 Å². The van der Waals surface area contributed by atoms with Crippen LogP contribution in [0.25, 0.3) is 11.3 Å². The zero-order valence-corrected chi connectivity index (χ0v) is 18.4. The van der Waals surface area contributed by atoms with Gasteiger partial charge in [-0.15, -0.1) is 11.3 Å². The Balaban J connectivity index is 1.65. The molecule has 0 atom stereocenters. The van der Waals surface area contributed by atoms with Gasteiger partial charge in [0.1, 0.15) is 0 Å². The number of nitrogens with zero attached hydrogens (tertiary/aromatic N) is 1. The molecule has 0 unspecified atom stereocenters. The summed E-state index contributed by atoms with van der Waals surface area (Å²) in [6, 6.07) is 8.44. The van der Waals surface area contributed by atoms with Gasteiger partial charge in [-0.05, 0) is 36.2 Å². The lowest BCUT2D eigenvalue weighted by atomic mass is 10.1.